The number of aliphatic hydroxyl groups is 2. The molecule has 116 heavy (non-hydrogen) atoms. The number of carbonyl (C=O) groups is 2. The third-order valence-electron chi connectivity index (χ3n) is 25.2. The normalized spacial score (nSPS) is 21.6. The lowest BCUT2D eigenvalue weighted by Gasteiger charge is -2.25. The molecule has 0 radical (unpaired) electrons. The van der Waals surface area contributed by atoms with Gasteiger partial charge in [0.05, 0.1) is 97.7 Å². The number of halogens is 3. The van der Waals surface area contributed by atoms with E-state index in [1.54, 1.807) is 40.5 Å². The van der Waals surface area contributed by atoms with Crippen molar-refractivity contribution in [2.24, 2.45) is 11.8 Å². The minimum Gasteiger partial charge on any atom is -0.480 e. The number of furan rings is 2. The molecule has 4 N–H and O–H groups in total. The monoisotopic (exact) mass is 1660 g/mol. The van der Waals surface area contributed by atoms with Gasteiger partial charge in [0, 0.05) is 114 Å². The molecule has 18 rings (SSSR count). The van der Waals surface area contributed by atoms with E-state index in [2.05, 4.69) is 58.3 Å². The molecule has 24 nitrogen and oxygen atoms in total. The summed E-state index contributed by atoms with van der Waals surface area (Å²) in [5.74, 6) is 0.180. The van der Waals surface area contributed by atoms with Crippen molar-refractivity contribution < 1.29 is 54.9 Å². The fraction of sp³-hybridized carbons (Fsp3) is 0.402. The first-order valence-corrected chi connectivity index (χ1v) is 43.5. The Morgan fingerprint density at radius 3 is 1.34 bits per heavy atom. The second kappa shape index (κ2) is 31.2. The molecule has 2 saturated carbocycles. The highest BCUT2D eigenvalue weighted by Crippen LogP contribution is 2.51. The van der Waals surface area contributed by atoms with Gasteiger partial charge in [-0.25, -0.2) is 26.8 Å². The van der Waals surface area contributed by atoms with Crippen molar-refractivity contribution in [1.82, 2.24) is 49.0 Å². The number of likely N-dealkylation sites (tertiary alicyclic amines) is 4. The molecule has 6 atom stereocenters. The Bertz CT molecular complexity index is 5640. The molecule has 4 aromatic heterocycles. The molecule has 6 fully saturated rings. The maximum Gasteiger partial charge on any atom is 0.240 e. The van der Waals surface area contributed by atoms with Crippen molar-refractivity contribution in [2.75, 3.05) is 66.6 Å². The number of aromatic nitrogens is 4. The number of rotatable bonds is 20. The highest BCUT2D eigenvalue weighted by molar-refractivity contribution is 7.92. The van der Waals surface area contributed by atoms with Gasteiger partial charge in [0.2, 0.25) is 43.6 Å². The van der Waals surface area contributed by atoms with Crippen molar-refractivity contribution in [1.29, 1.82) is 10.5 Å². The molecular formula is C87H87Cl3N12O12S2. The fourth-order valence-corrected chi connectivity index (χ4v) is 21.4. The Morgan fingerprint density at radius 1 is 0.543 bits per heavy atom. The number of fused-ring (bicyclic) bond motifs is 4. The highest BCUT2D eigenvalue weighted by Gasteiger charge is 2.53. The molecule has 0 bridgehead atoms. The maximum absolute atomic E-state index is 13.1. The van der Waals surface area contributed by atoms with Gasteiger partial charge in [-0.05, 0) is 181 Å². The lowest BCUT2D eigenvalue weighted by Crippen LogP contribution is -2.42. The van der Waals surface area contributed by atoms with Gasteiger partial charge < -0.3 is 28.5 Å². The van der Waals surface area contributed by atoms with Crippen molar-refractivity contribution >= 4 is 88.6 Å². The molecule has 29 heteroatoms. The number of nitriles is 2. The molecule has 0 unspecified atom stereocenters. The van der Waals surface area contributed by atoms with E-state index < -0.39 is 53.2 Å². The van der Waals surface area contributed by atoms with Gasteiger partial charge in [-0.3, -0.25) is 48.6 Å². The SMILES string of the molecule is COc1nc(-c2cccc(-c3cccc(-c4cc5cc6c(c(C#N)c5o4)CC[C@H]6N4CC[C@@H](C(=O)NS(=O)(=O)C5(C)CC5)C4)c3Cl)c2C)cnc1CN1CC[C@@H](O)C1.COc1nc(-c2cccc(-c3cccc(-c4cc5cc6c(c(C#N)c5o4)CC[C@H]6N4CC[C@@H](C(=O)NS(=O)(=O)C5(C)CC5)C4)c3Cl)c2Cl)cnc1CN1CC[C@@H](O)C1. The zero-order valence-corrected chi connectivity index (χ0v) is 68.7. The van der Waals surface area contributed by atoms with Crippen LogP contribution in [0.4, 0.5) is 0 Å². The zero-order chi connectivity index (χ0) is 81.0. The van der Waals surface area contributed by atoms with Crippen molar-refractivity contribution in [3.8, 4) is 91.3 Å². The number of ether oxygens (including phenoxy) is 2. The minimum atomic E-state index is -3.70. The van der Waals surface area contributed by atoms with Crippen LogP contribution in [0.2, 0.25) is 15.1 Å². The summed E-state index contributed by atoms with van der Waals surface area (Å²) in [6.07, 6.45) is 10.6. The molecule has 8 aliphatic rings. The fourth-order valence-electron chi connectivity index (χ4n) is 17.8. The van der Waals surface area contributed by atoms with E-state index in [0.29, 0.717) is 209 Å². The first-order valence-electron chi connectivity index (χ1n) is 39.4. The first-order chi connectivity index (χ1) is 55.7. The molecule has 2 amide bonds. The predicted octanol–water partition coefficient (Wildman–Crippen LogP) is 14.2. The molecule has 600 valence electrons. The van der Waals surface area contributed by atoms with Gasteiger partial charge in [0.1, 0.15) is 35.0 Å². The summed E-state index contributed by atoms with van der Waals surface area (Å²) in [6.45, 7) is 11.4. The van der Waals surface area contributed by atoms with E-state index in [9.17, 15) is 47.2 Å². The summed E-state index contributed by atoms with van der Waals surface area (Å²) in [5, 5.41) is 43.8. The van der Waals surface area contributed by atoms with Crippen LogP contribution in [0.1, 0.15) is 140 Å². The molecule has 4 saturated heterocycles. The van der Waals surface area contributed by atoms with Gasteiger partial charge >= 0.3 is 0 Å². The number of benzene rings is 6. The van der Waals surface area contributed by atoms with Crippen LogP contribution in [0.15, 0.2) is 118 Å². The smallest absolute Gasteiger partial charge is 0.240 e. The average molecular weight is 1660 g/mol. The summed E-state index contributed by atoms with van der Waals surface area (Å²) in [7, 11) is -4.25. The number of carbonyl (C=O) groups excluding carboxylic acids is 2. The largest absolute Gasteiger partial charge is 0.480 e. The lowest BCUT2D eigenvalue weighted by atomic mass is 9.93. The topological polar surface area (TPSA) is 324 Å². The number of nitrogens with one attached hydrogen (secondary N) is 2. The standard InChI is InChI=1S/C44H45ClN6O6S.C43H42Cl2N6O6S/c1-25-29(6-4-7-30(25)36-21-47-37(43(48-36)56-3)24-50-16-13-28(52)23-50)32-8-5-9-33(40(32)45)39-19-27-18-34-31(35(20-46)41(27)57-39)10-11-38(34)51-17-12-26(22-51)42(53)49-58(54,55)44(2)14-15-44;1-43(13-14-43)58(54,55)49-41(53)24-11-16-51(21-24)36-10-9-27-32(36)17-25-18-37(57-40(25)33(27)19-46)31-8-4-6-29(39(31)45)28-5-3-7-30(38(28)44)34-20-47-35(42(48-34)56-2)23-50-15-12-26(52)22-50/h4-9,18-19,21,26,28,38,52H,10-17,22-24H2,1-3H3,(H,49,53);3-8,17-18,20,24,26,36,52H,9-16,21-23H2,1-2H3,(H,49,53)/t26-,28-,38-;24-,26-,36-/m11/s1. The molecule has 0 spiro atoms. The molecule has 4 aliphatic carbocycles. The van der Waals surface area contributed by atoms with Gasteiger partial charge in [-0.2, -0.15) is 10.5 Å². The second-order valence-electron chi connectivity index (χ2n) is 32.6. The third-order valence-corrected chi connectivity index (χ3v) is 30.7. The van der Waals surface area contributed by atoms with E-state index in [1.165, 1.54) is 0 Å². The van der Waals surface area contributed by atoms with Crippen molar-refractivity contribution in [3.63, 3.8) is 0 Å². The van der Waals surface area contributed by atoms with Crippen LogP contribution in [0.3, 0.4) is 0 Å². The van der Waals surface area contributed by atoms with Gasteiger partial charge in [-0.15, -0.1) is 0 Å². The van der Waals surface area contributed by atoms with E-state index >= 15 is 0 Å². The van der Waals surface area contributed by atoms with E-state index in [0.717, 1.165) is 99.7 Å². The van der Waals surface area contributed by atoms with Crippen LogP contribution in [0, 0.1) is 41.4 Å². The maximum atomic E-state index is 13.1. The Morgan fingerprint density at radius 2 is 0.931 bits per heavy atom. The second-order valence-corrected chi connectivity index (χ2v) is 38.1. The summed E-state index contributed by atoms with van der Waals surface area (Å²) in [4.78, 5) is 53.9. The number of sulfonamides is 2. The quantitative estimate of drug-likeness (QED) is 0.0551. The Balaban J connectivity index is 0.000000167. The first kappa shape index (κ1) is 79.1. The third kappa shape index (κ3) is 14.7. The number of methoxy groups -OCH3 is 2. The summed E-state index contributed by atoms with van der Waals surface area (Å²) >= 11 is 21.6. The summed E-state index contributed by atoms with van der Waals surface area (Å²) in [6, 6.07) is 36.0. The van der Waals surface area contributed by atoms with Crippen LogP contribution in [-0.4, -0.2) is 167 Å². The Hall–Kier alpha value is -9.39. The number of aliphatic hydroxyl groups excluding tert-OH is 2. The Labute approximate surface area is 687 Å². The van der Waals surface area contributed by atoms with Gasteiger partial charge in [0.25, 0.3) is 0 Å². The summed E-state index contributed by atoms with van der Waals surface area (Å²) in [5.41, 5.74) is 15.5. The van der Waals surface area contributed by atoms with E-state index in [-0.39, 0.29) is 24.3 Å². The van der Waals surface area contributed by atoms with E-state index in [4.69, 9.17) is 68.1 Å². The number of nitrogens with zero attached hydrogens (tertiary/aromatic N) is 10. The average Bonchev–Trinajstić information content (AvgIpc) is 1.61. The van der Waals surface area contributed by atoms with Gasteiger partial charge in [0.15, 0.2) is 11.2 Å². The molecule has 6 aromatic carbocycles. The zero-order valence-electron chi connectivity index (χ0n) is 64.8. The molecule has 8 heterocycles. The number of amides is 2. The number of hydrogen-bond acceptors (Lipinski definition) is 22. The van der Waals surface area contributed by atoms with Gasteiger partial charge in [-0.1, -0.05) is 95.5 Å². The molecular weight excluding hydrogens is 1580 g/mol. The number of hydrogen-bond donors (Lipinski definition) is 4. The van der Waals surface area contributed by atoms with Crippen molar-refractivity contribution in [2.45, 2.75) is 145 Å². The van der Waals surface area contributed by atoms with E-state index in [1.807, 2.05) is 91.9 Å². The Kier molecular flexibility index (Phi) is 21.2. The molecule has 4 aliphatic heterocycles. The highest BCUT2D eigenvalue weighted by atomic mass is 35.5. The predicted molar refractivity (Wildman–Crippen MR) is 441 cm³/mol. The lowest BCUT2D eigenvalue weighted by molar-refractivity contribution is -0.123. The molecule has 10 aromatic rings. The number of β-amino-alcohol motifs (C(OH)–C–C–N with tert-alkyl or cyclic N) is 2. The van der Waals surface area contributed by atoms with Crippen LogP contribution in [-0.2, 0) is 55.6 Å². The van der Waals surface area contributed by atoms with Crippen LogP contribution in [0.25, 0.3) is 89.4 Å². The van der Waals surface area contributed by atoms with Crippen molar-refractivity contribution in [3.05, 3.63) is 175 Å². The van der Waals surface area contributed by atoms with Crippen LogP contribution in [0.5, 0.6) is 11.8 Å². The van der Waals surface area contributed by atoms with Crippen LogP contribution < -0.4 is 18.9 Å². The summed E-state index contributed by atoms with van der Waals surface area (Å²) < 4.78 is 78.2. The van der Waals surface area contributed by atoms with Crippen LogP contribution >= 0.6 is 34.8 Å². The minimum absolute atomic E-state index is 0.00216.